The van der Waals surface area contributed by atoms with E-state index in [1.807, 2.05) is 23.5 Å². The summed E-state index contributed by atoms with van der Waals surface area (Å²) in [5, 5.41) is 7.15. The largest absolute Gasteiger partial charge is 0.305 e. The molecule has 2 atom stereocenters. The van der Waals surface area contributed by atoms with Crippen molar-refractivity contribution in [3.63, 3.8) is 0 Å². The molecule has 2 rings (SSSR count). The zero-order valence-corrected chi connectivity index (χ0v) is 8.43. The number of hydrogen-bond acceptors (Lipinski definition) is 6. The van der Waals surface area contributed by atoms with Gasteiger partial charge in [-0.25, -0.2) is 10.9 Å². The molecular formula is C6H14N4S2. The van der Waals surface area contributed by atoms with Crippen molar-refractivity contribution in [1.29, 1.82) is 0 Å². The summed E-state index contributed by atoms with van der Waals surface area (Å²) in [7, 11) is 0. The highest BCUT2D eigenvalue weighted by molar-refractivity contribution is 8.00. The molecule has 0 bridgehead atoms. The lowest BCUT2D eigenvalue weighted by Gasteiger charge is -2.16. The summed E-state index contributed by atoms with van der Waals surface area (Å²) in [6.07, 6.45) is 0.441. The van der Waals surface area contributed by atoms with Crippen LogP contribution < -0.4 is 21.5 Å². The first kappa shape index (κ1) is 9.11. The van der Waals surface area contributed by atoms with Crippen LogP contribution in [0.15, 0.2) is 0 Å². The third kappa shape index (κ3) is 2.51. The highest BCUT2D eigenvalue weighted by atomic mass is 32.2. The zero-order valence-electron chi connectivity index (χ0n) is 6.80. The van der Waals surface area contributed by atoms with E-state index >= 15 is 0 Å². The van der Waals surface area contributed by atoms with Crippen molar-refractivity contribution in [2.24, 2.45) is 0 Å². The van der Waals surface area contributed by atoms with Gasteiger partial charge < -0.3 is 5.32 Å². The highest BCUT2D eigenvalue weighted by Gasteiger charge is 2.17. The molecule has 2 heterocycles. The maximum Gasteiger partial charge on any atom is 0.0803 e. The Bertz CT molecular complexity index is 118. The van der Waals surface area contributed by atoms with E-state index in [0.717, 1.165) is 24.1 Å². The fourth-order valence-electron chi connectivity index (χ4n) is 1.18. The molecule has 2 saturated heterocycles. The third-order valence-corrected chi connectivity index (χ3v) is 3.85. The van der Waals surface area contributed by atoms with E-state index in [1.165, 1.54) is 0 Å². The lowest BCUT2D eigenvalue weighted by molar-refractivity contribution is 0.413. The average Bonchev–Trinajstić information content (AvgIpc) is 2.74. The van der Waals surface area contributed by atoms with Gasteiger partial charge in [0.1, 0.15) is 0 Å². The minimum absolute atomic E-state index is 0.441. The molecule has 12 heavy (non-hydrogen) atoms. The Morgan fingerprint density at radius 2 is 2.25 bits per heavy atom. The van der Waals surface area contributed by atoms with Gasteiger partial charge in [0.2, 0.25) is 0 Å². The summed E-state index contributed by atoms with van der Waals surface area (Å²) in [6, 6.07) is 0. The van der Waals surface area contributed by atoms with E-state index in [0.29, 0.717) is 11.5 Å². The zero-order chi connectivity index (χ0) is 8.23. The van der Waals surface area contributed by atoms with Crippen LogP contribution in [0.3, 0.4) is 0 Å². The molecule has 70 valence electrons. The van der Waals surface area contributed by atoms with Crippen molar-refractivity contribution in [2.45, 2.75) is 11.5 Å². The van der Waals surface area contributed by atoms with Crippen LogP contribution in [0.25, 0.3) is 0 Å². The van der Waals surface area contributed by atoms with Gasteiger partial charge in [0.05, 0.1) is 11.5 Å². The Morgan fingerprint density at radius 1 is 1.25 bits per heavy atom. The lowest BCUT2D eigenvalue weighted by atomic mass is 10.6. The van der Waals surface area contributed by atoms with E-state index in [4.69, 9.17) is 0 Å². The van der Waals surface area contributed by atoms with Crippen LogP contribution in [0.4, 0.5) is 0 Å². The Labute approximate surface area is 81.0 Å². The average molecular weight is 206 g/mol. The van der Waals surface area contributed by atoms with Crippen LogP contribution in [0.2, 0.25) is 0 Å². The molecule has 4 N–H and O–H groups in total. The van der Waals surface area contributed by atoms with Crippen molar-refractivity contribution in [2.75, 3.05) is 24.1 Å². The normalized spacial score (nSPS) is 36.0. The summed E-state index contributed by atoms with van der Waals surface area (Å²) < 4.78 is 0. The van der Waals surface area contributed by atoms with Gasteiger partial charge in [0.15, 0.2) is 0 Å². The summed E-state index contributed by atoms with van der Waals surface area (Å²) >= 11 is 3.84. The summed E-state index contributed by atoms with van der Waals surface area (Å²) in [4.78, 5) is 0. The lowest BCUT2D eigenvalue weighted by Crippen LogP contribution is -2.51. The van der Waals surface area contributed by atoms with Crippen molar-refractivity contribution in [3.05, 3.63) is 0 Å². The van der Waals surface area contributed by atoms with E-state index < -0.39 is 0 Å². The topological polar surface area (TPSA) is 48.1 Å². The molecule has 0 saturated carbocycles. The minimum atomic E-state index is 0.441. The minimum Gasteiger partial charge on any atom is -0.305 e. The molecule has 2 fully saturated rings. The third-order valence-electron chi connectivity index (χ3n) is 1.85. The summed E-state index contributed by atoms with van der Waals surface area (Å²) in [6.45, 7) is 1.05. The van der Waals surface area contributed by atoms with Crippen molar-refractivity contribution >= 4 is 23.5 Å². The Balaban J connectivity index is 1.60. The van der Waals surface area contributed by atoms with Gasteiger partial charge in [0.25, 0.3) is 0 Å². The molecule has 0 aliphatic carbocycles. The van der Waals surface area contributed by atoms with Gasteiger partial charge in [0, 0.05) is 24.1 Å². The Morgan fingerprint density at radius 3 is 2.92 bits per heavy atom. The summed E-state index contributed by atoms with van der Waals surface area (Å²) in [5.74, 6) is 3.28. The predicted molar refractivity (Wildman–Crippen MR) is 54.8 cm³/mol. The summed E-state index contributed by atoms with van der Waals surface area (Å²) in [5.41, 5.74) is 6.58. The molecule has 6 heteroatoms. The van der Waals surface area contributed by atoms with E-state index in [9.17, 15) is 0 Å². The SMILES string of the molecule is C1NC(NNC2CNCS2)CS1. The second-order valence-corrected chi connectivity index (χ2v) is 5.04. The highest BCUT2D eigenvalue weighted by Crippen LogP contribution is 2.11. The number of hydrogen-bond donors (Lipinski definition) is 4. The number of rotatable bonds is 3. The molecule has 0 aromatic rings. The van der Waals surface area contributed by atoms with Crippen molar-refractivity contribution < 1.29 is 0 Å². The number of thioether (sulfide) groups is 2. The smallest absolute Gasteiger partial charge is 0.0803 e. The quantitative estimate of drug-likeness (QED) is 0.459. The monoisotopic (exact) mass is 206 g/mol. The molecule has 2 aliphatic rings. The van der Waals surface area contributed by atoms with Gasteiger partial charge in [-0.1, -0.05) is 0 Å². The molecule has 0 aromatic heterocycles. The number of nitrogens with one attached hydrogen (secondary N) is 4. The standard InChI is InChI=1S/C6H14N4S2/c1-6(12-3-7-1)10-9-5-2-11-4-8-5/h5-10H,1-4H2. The Kier molecular flexibility index (Phi) is 3.56. The van der Waals surface area contributed by atoms with E-state index in [1.54, 1.807) is 0 Å². The molecule has 0 aromatic carbocycles. The first-order valence-electron chi connectivity index (χ1n) is 4.09. The molecule has 4 nitrogen and oxygen atoms in total. The second-order valence-electron chi connectivity index (χ2n) is 2.81. The molecular weight excluding hydrogens is 192 g/mol. The van der Waals surface area contributed by atoms with Crippen LogP contribution in [0.5, 0.6) is 0 Å². The van der Waals surface area contributed by atoms with Crippen molar-refractivity contribution in [3.8, 4) is 0 Å². The maximum atomic E-state index is 3.34. The number of hydrazine groups is 1. The first-order chi connectivity index (χ1) is 5.95. The first-order valence-corrected chi connectivity index (χ1v) is 6.30. The molecule has 0 amide bonds. The van der Waals surface area contributed by atoms with Gasteiger partial charge in [-0.2, -0.15) is 0 Å². The van der Waals surface area contributed by atoms with E-state index in [-0.39, 0.29) is 0 Å². The van der Waals surface area contributed by atoms with E-state index in [2.05, 4.69) is 21.5 Å². The predicted octanol–water partition coefficient (Wildman–Crippen LogP) is -0.679. The van der Waals surface area contributed by atoms with Gasteiger partial charge in [-0.15, -0.1) is 23.5 Å². The van der Waals surface area contributed by atoms with Crippen LogP contribution in [-0.4, -0.2) is 35.6 Å². The maximum absolute atomic E-state index is 3.34. The molecule has 2 unspecified atom stereocenters. The van der Waals surface area contributed by atoms with Gasteiger partial charge in [-0.3, -0.25) is 5.32 Å². The second kappa shape index (κ2) is 4.69. The van der Waals surface area contributed by atoms with Crippen molar-refractivity contribution in [1.82, 2.24) is 21.5 Å². The Hall–Kier alpha value is 0.540. The van der Waals surface area contributed by atoms with Gasteiger partial charge >= 0.3 is 0 Å². The fourth-order valence-corrected chi connectivity index (χ4v) is 2.88. The van der Waals surface area contributed by atoms with Crippen LogP contribution in [0, 0.1) is 0 Å². The van der Waals surface area contributed by atoms with Crippen LogP contribution >= 0.6 is 23.5 Å². The van der Waals surface area contributed by atoms with Gasteiger partial charge in [-0.05, 0) is 0 Å². The molecule has 0 spiro atoms. The molecule has 0 radical (unpaired) electrons. The van der Waals surface area contributed by atoms with Crippen LogP contribution in [0.1, 0.15) is 0 Å². The fraction of sp³-hybridized carbons (Fsp3) is 1.00. The molecule has 2 aliphatic heterocycles. The van der Waals surface area contributed by atoms with Crippen LogP contribution in [-0.2, 0) is 0 Å².